The SMILES string of the molecule is O=C(O)CCCCCOONC(=O)c1ccccc1C(=O)O. The smallest absolute Gasteiger partial charge is 0.336 e. The number of unbranched alkanes of at least 4 members (excludes halogenated alkanes) is 2. The molecule has 0 aliphatic heterocycles. The second-order valence-corrected chi connectivity index (χ2v) is 4.39. The molecule has 1 aromatic carbocycles. The van der Waals surface area contributed by atoms with Gasteiger partial charge in [0.25, 0.3) is 5.91 Å². The van der Waals surface area contributed by atoms with Gasteiger partial charge in [0.05, 0.1) is 17.7 Å². The summed E-state index contributed by atoms with van der Waals surface area (Å²) in [4.78, 5) is 42.2. The highest BCUT2D eigenvalue weighted by molar-refractivity contribution is 6.04. The van der Waals surface area contributed by atoms with Crippen molar-refractivity contribution in [2.24, 2.45) is 0 Å². The fourth-order valence-corrected chi connectivity index (χ4v) is 1.65. The largest absolute Gasteiger partial charge is 0.481 e. The Morgan fingerprint density at radius 1 is 1.00 bits per heavy atom. The number of carbonyl (C=O) groups is 3. The monoisotopic (exact) mass is 311 g/mol. The molecule has 1 aromatic rings. The van der Waals surface area contributed by atoms with Gasteiger partial charge in [-0.15, -0.1) is 4.99 Å². The molecule has 22 heavy (non-hydrogen) atoms. The average molecular weight is 311 g/mol. The van der Waals surface area contributed by atoms with E-state index in [1.807, 2.05) is 5.48 Å². The summed E-state index contributed by atoms with van der Waals surface area (Å²) in [5.74, 6) is -2.80. The van der Waals surface area contributed by atoms with Gasteiger partial charge in [-0.3, -0.25) is 9.59 Å². The Kier molecular flexibility index (Phi) is 7.58. The van der Waals surface area contributed by atoms with Crippen LogP contribution in [0.15, 0.2) is 24.3 Å². The molecular weight excluding hydrogens is 294 g/mol. The van der Waals surface area contributed by atoms with E-state index >= 15 is 0 Å². The molecule has 3 N–H and O–H groups in total. The van der Waals surface area contributed by atoms with Crippen molar-refractivity contribution >= 4 is 17.8 Å². The van der Waals surface area contributed by atoms with Crippen LogP contribution in [0.2, 0.25) is 0 Å². The van der Waals surface area contributed by atoms with Gasteiger partial charge in [0, 0.05) is 6.42 Å². The lowest BCUT2D eigenvalue weighted by Crippen LogP contribution is -2.26. The zero-order chi connectivity index (χ0) is 16.4. The van der Waals surface area contributed by atoms with Crippen LogP contribution in [0.5, 0.6) is 0 Å². The first kappa shape index (κ1) is 17.6. The molecule has 0 aliphatic carbocycles. The minimum Gasteiger partial charge on any atom is -0.481 e. The Labute approximate surface area is 126 Å². The number of nitrogens with one attached hydrogen (secondary N) is 1. The second kappa shape index (κ2) is 9.48. The van der Waals surface area contributed by atoms with E-state index in [0.717, 1.165) is 0 Å². The maximum Gasteiger partial charge on any atom is 0.336 e. The van der Waals surface area contributed by atoms with Crippen LogP contribution in [0, 0.1) is 0 Å². The minimum atomic E-state index is -1.22. The fourth-order valence-electron chi connectivity index (χ4n) is 1.65. The van der Waals surface area contributed by atoms with E-state index in [1.54, 1.807) is 0 Å². The molecule has 0 heterocycles. The normalized spacial score (nSPS) is 10.2. The van der Waals surface area contributed by atoms with E-state index in [1.165, 1.54) is 24.3 Å². The predicted octanol–water partition coefficient (Wildman–Crippen LogP) is 1.62. The Balaban J connectivity index is 2.24. The molecule has 8 heteroatoms. The maximum absolute atomic E-state index is 11.7. The first-order valence-electron chi connectivity index (χ1n) is 6.65. The first-order valence-corrected chi connectivity index (χ1v) is 6.65. The lowest BCUT2D eigenvalue weighted by atomic mass is 10.1. The van der Waals surface area contributed by atoms with Crippen LogP contribution in [0.3, 0.4) is 0 Å². The summed E-state index contributed by atoms with van der Waals surface area (Å²) in [5.41, 5.74) is 1.80. The summed E-state index contributed by atoms with van der Waals surface area (Å²) in [6.45, 7) is 0.181. The quantitative estimate of drug-likeness (QED) is 0.341. The Bertz CT molecular complexity index is 530. The van der Waals surface area contributed by atoms with Gasteiger partial charge in [0.15, 0.2) is 0 Å². The molecule has 0 aromatic heterocycles. The number of carbonyl (C=O) groups excluding carboxylic acids is 1. The van der Waals surface area contributed by atoms with E-state index in [2.05, 4.69) is 4.99 Å². The highest BCUT2D eigenvalue weighted by atomic mass is 17.3. The third-order valence-corrected chi connectivity index (χ3v) is 2.71. The highest BCUT2D eigenvalue weighted by Crippen LogP contribution is 2.08. The highest BCUT2D eigenvalue weighted by Gasteiger charge is 2.15. The molecule has 0 saturated heterocycles. The minimum absolute atomic E-state index is 0.0416. The number of amides is 1. The van der Waals surface area contributed by atoms with Crippen molar-refractivity contribution < 1.29 is 34.5 Å². The number of carboxylic acids is 2. The Hall–Kier alpha value is -2.45. The van der Waals surface area contributed by atoms with Gasteiger partial charge in [-0.05, 0) is 25.0 Å². The fraction of sp³-hybridized carbons (Fsp3) is 0.357. The van der Waals surface area contributed by atoms with Gasteiger partial charge in [0.2, 0.25) is 0 Å². The summed E-state index contributed by atoms with van der Waals surface area (Å²) in [5, 5.41) is 17.4. The number of carboxylic acid groups (broad SMARTS) is 2. The molecule has 0 fully saturated rings. The second-order valence-electron chi connectivity index (χ2n) is 4.39. The molecule has 8 nitrogen and oxygen atoms in total. The van der Waals surface area contributed by atoms with Gasteiger partial charge in [-0.2, -0.15) is 5.48 Å². The predicted molar refractivity (Wildman–Crippen MR) is 74.0 cm³/mol. The molecule has 120 valence electrons. The topological polar surface area (TPSA) is 122 Å². The van der Waals surface area contributed by atoms with Gasteiger partial charge < -0.3 is 10.2 Å². The van der Waals surface area contributed by atoms with Crippen LogP contribution >= 0.6 is 0 Å². The summed E-state index contributed by atoms with van der Waals surface area (Å²) < 4.78 is 0. The number of rotatable bonds is 10. The molecule has 0 bridgehead atoms. The first-order chi connectivity index (χ1) is 10.5. The standard InChI is InChI=1S/C14H17NO7/c16-12(17)8-2-1-5-9-21-22-15-13(18)10-6-3-4-7-11(10)14(19)20/h3-4,6-7H,1-2,5,8-9H2,(H,15,18)(H,16,17)(H,19,20). The van der Waals surface area contributed by atoms with E-state index in [4.69, 9.17) is 15.1 Å². The lowest BCUT2D eigenvalue weighted by Gasteiger charge is -2.07. The zero-order valence-corrected chi connectivity index (χ0v) is 11.8. The van der Waals surface area contributed by atoms with Gasteiger partial charge in [0.1, 0.15) is 0 Å². The summed E-state index contributed by atoms with van der Waals surface area (Å²) in [6.07, 6.45) is 1.88. The van der Waals surface area contributed by atoms with Crippen LogP contribution in [-0.2, 0) is 14.7 Å². The zero-order valence-electron chi connectivity index (χ0n) is 11.8. The lowest BCUT2D eigenvalue weighted by molar-refractivity contribution is -0.324. The van der Waals surface area contributed by atoms with Crippen LogP contribution < -0.4 is 5.48 Å². The van der Waals surface area contributed by atoms with Gasteiger partial charge in [-0.1, -0.05) is 18.6 Å². The van der Waals surface area contributed by atoms with Crippen molar-refractivity contribution in [1.29, 1.82) is 0 Å². The number of aromatic carboxylic acids is 1. The molecule has 0 spiro atoms. The molecule has 0 saturated carbocycles. The van der Waals surface area contributed by atoms with Gasteiger partial charge in [-0.25, -0.2) is 9.68 Å². The Morgan fingerprint density at radius 2 is 1.68 bits per heavy atom. The molecular formula is C14H17NO7. The van der Waals surface area contributed by atoms with Crippen LogP contribution in [0.25, 0.3) is 0 Å². The van der Waals surface area contributed by atoms with Crippen LogP contribution in [-0.4, -0.2) is 34.7 Å². The molecule has 0 radical (unpaired) electrons. The van der Waals surface area contributed by atoms with Gasteiger partial charge >= 0.3 is 11.9 Å². The molecule has 0 unspecified atom stereocenters. The van der Waals surface area contributed by atoms with E-state index in [0.29, 0.717) is 19.3 Å². The molecule has 0 atom stereocenters. The van der Waals surface area contributed by atoms with E-state index < -0.39 is 17.8 Å². The number of hydrogen-bond acceptors (Lipinski definition) is 5. The summed E-state index contributed by atoms with van der Waals surface area (Å²) >= 11 is 0. The molecule has 1 rings (SSSR count). The third kappa shape index (κ3) is 6.33. The maximum atomic E-state index is 11.7. The van der Waals surface area contributed by atoms with Crippen LogP contribution in [0.4, 0.5) is 0 Å². The number of aliphatic carboxylic acids is 1. The van der Waals surface area contributed by atoms with Crippen molar-refractivity contribution in [3.63, 3.8) is 0 Å². The summed E-state index contributed by atoms with van der Waals surface area (Å²) in [6, 6.07) is 5.70. The van der Waals surface area contributed by atoms with Crippen molar-refractivity contribution in [1.82, 2.24) is 5.48 Å². The van der Waals surface area contributed by atoms with E-state index in [9.17, 15) is 14.4 Å². The molecule has 1 amide bonds. The third-order valence-electron chi connectivity index (χ3n) is 2.71. The molecule has 0 aliphatic rings. The van der Waals surface area contributed by atoms with E-state index in [-0.39, 0.29) is 24.2 Å². The Morgan fingerprint density at radius 3 is 2.32 bits per heavy atom. The van der Waals surface area contributed by atoms with Crippen molar-refractivity contribution in [3.05, 3.63) is 35.4 Å². The summed E-state index contributed by atoms with van der Waals surface area (Å²) in [7, 11) is 0. The van der Waals surface area contributed by atoms with Crippen molar-refractivity contribution in [2.75, 3.05) is 6.61 Å². The van der Waals surface area contributed by atoms with Crippen LogP contribution in [0.1, 0.15) is 46.4 Å². The number of hydrogen-bond donors (Lipinski definition) is 3. The number of hydroxylamine groups is 1. The van der Waals surface area contributed by atoms with Crippen molar-refractivity contribution in [3.8, 4) is 0 Å². The number of benzene rings is 1. The van der Waals surface area contributed by atoms with Crippen molar-refractivity contribution in [2.45, 2.75) is 25.7 Å². The average Bonchev–Trinajstić information content (AvgIpc) is 2.49.